The number of anilines is 1. The predicted octanol–water partition coefficient (Wildman–Crippen LogP) is 3.40. The van der Waals surface area contributed by atoms with Crippen molar-refractivity contribution in [2.75, 3.05) is 25.1 Å². The summed E-state index contributed by atoms with van der Waals surface area (Å²) in [6, 6.07) is 7.85. The highest BCUT2D eigenvalue weighted by molar-refractivity contribution is 5.69. The van der Waals surface area contributed by atoms with Gasteiger partial charge in [-0.25, -0.2) is 4.79 Å². The Balaban J connectivity index is 2.17. The number of nitriles is 1. The van der Waals surface area contributed by atoms with Crippen molar-refractivity contribution in [1.82, 2.24) is 4.90 Å². The normalized spacial score (nSPS) is 20.8. The molecule has 0 N–H and O–H groups in total. The topological polar surface area (TPSA) is 65.8 Å². The molecular weight excluding hydrogens is 318 g/mol. The van der Waals surface area contributed by atoms with Crippen LogP contribution >= 0.6 is 0 Å². The smallest absolute Gasteiger partial charge is 0.410 e. The van der Waals surface area contributed by atoms with Gasteiger partial charge in [-0.05, 0) is 46.8 Å². The monoisotopic (exact) mass is 345 g/mol. The summed E-state index contributed by atoms with van der Waals surface area (Å²) < 4.78 is 10.8. The van der Waals surface area contributed by atoms with Gasteiger partial charge in [0.2, 0.25) is 0 Å². The van der Waals surface area contributed by atoms with E-state index in [1.54, 1.807) is 18.1 Å². The summed E-state index contributed by atoms with van der Waals surface area (Å²) in [7, 11) is 1.56. The summed E-state index contributed by atoms with van der Waals surface area (Å²) in [5.41, 5.74) is 0.996. The molecule has 2 atom stereocenters. The highest BCUT2D eigenvalue weighted by Crippen LogP contribution is 2.29. The van der Waals surface area contributed by atoms with Crippen molar-refractivity contribution in [3.63, 3.8) is 0 Å². The van der Waals surface area contributed by atoms with Gasteiger partial charge in [0, 0.05) is 36.9 Å². The minimum Gasteiger partial charge on any atom is -0.495 e. The van der Waals surface area contributed by atoms with Crippen molar-refractivity contribution in [3.8, 4) is 11.8 Å². The van der Waals surface area contributed by atoms with Gasteiger partial charge in [0.15, 0.2) is 0 Å². The molecule has 0 unspecified atom stereocenters. The molecule has 0 bridgehead atoms. The van der Waals surface area contributed by atoms with Crippen LogP contribution in [0.4, 0.5) is 10.5 Å². The lowest BCUT2D eigenvalue weighted by Crippen LogP contribution is -2.59. The van der Waals surface area contributed by atoms with Gasteiger partial charge in [-0.2, -0.15) is 5.26 Å². The highest BCUT2D eigenvalue weighted by atomic mass is 16.6. The number of benzene rings is 1. The lowest BCUT2D eigenvalue weighted by atomic mass is 10.1. The van der Waals surface area contributed by atoms with E-state index in [4.69, 9.17) is 14.7 Å². The fourth-order valence-electron chi connectivity index (χ4n) is 3.01. The summed E-state index contributed by atoms with van der Waals surface area (Å²) in [6.45, 7) is 11.0. The molecule has 6 heteroatoms. The van der Waals surface area contributed by atoms with Crippen molar-refractivity contribution in [1.29, 1.82) is 5.26 Å². The maximum absolute atomic E-state index is 12.4. The first-order valence-electron chi connectivity index (χ1n) is 8.50. The lowest BCUT2D eigenvalue weighted by molar-refractivity contribution is 0.0130. The third-order valence-corrected chi connectivity index (χ3v) is 4.25. The maximum Gasteiger partial charge on any atom is 0.410 e. The summed E-state index contributed by atoms with van der Waals surface area (Å²) in [6.07, 6.45) is -0.274. The van der Waals surface area contributed by atoms with Crippen LogP contribution in [0.5, 0.6) is 5.75 Å². The number of ether oxygens (including phenoxy) is 2. The Labute approximate surface area is 149 Å². The van der Waals surface area contributed by atoms with Crippen LogP contribution in [0.2, 0.25) is 0 Å². The van der Waals surface area contributed by atoms with Gasteiger partial charge in [-0.3, -0.25) is 0 Å². The molecule has 1 aliphatic rings. The molecule has 1 heterocycles. The summed E-state index contributed by atoms with van der Waals surface area (Å²) in [5, 5.41) is 9.13. The molecule has 1 fully saturated rings. The Morgan fingerprint density at radius 2 is 1.92 bits per heavy atom. The number of rotatable bonds is 2. The summed E-state index contributed by atoms with van der Waals surface area (Å²) in [4.78, 5) is 16.4. The SMILES string of the molecule is COc1cc(N2C[C@@H](C)N(C(=O)OC(C)(C)C)C[C@@H]2C)ccc1C#N. The molecule has 0 aliphatic carbocycles. The first kappa shape index (κ1) is 18.9. The van der Waals surface area contributed by atoms with Crippen molar-refractivity contribution in [2.45, 2.75) is 52.3 Å². The number of piperazine rings is 1. The van der Waals surface area contributed by atoms with Gasteiger partial charge in [0.1, 0.15) is 17.4 Å². The minimum absolute atomic E-state index is 0.0210. The third kappa shape index (κ3) is 4.36. The van der Waals surface area contributed by atoms with Gasteiger partial charge in [-0.15, -0.1) is 0 Å². The molecule has 1 aromatic carbocycles. The molecule has 0 aromatic heterocycles. The molecule has 0 saturated carbocycles. The maximum atomic E-state index is 12.4. The van der Waals surface area contributed by atoms with Crippen molar-refractivity contribution in [3.05, 3.63) is 23.8 Å². The average Bonchev–Trinajstić information content (AvgIpc) is 2.54. The molecule has 0 spiro atoms. The second kappa shape index (κ2) is 7.22. The minimum atomic E-state index is -0.502. The van der Waals surface area contributed by atoms with Crippen LogP contribution in [0.3, 0.4) is 0 Å². The fourth-order valence-corrected chi connectivity index (χ4v) is 3.01. The number of hydrogen-bond donors (Lipinski definition) is 0. The molecule has 1 aliphatic heterocycles. The average molecular weight is 345 g/mol. The zero-order chi connectivity index (χ0) is 18.8. The quantitative estimate of drug-likeness (QED) is 0.822. The van der Waals surface area contributed by atoms with Gasteiger partial charge >= 0.3 is 6.09 Å². The van der Waals surface area contributed by atoms with E-state index in [2.05, 4.69) is 17.9 Å². The van der Waals surface area contributed by atoms with Crippen LogP contribution in [-0.2, 0) is 4.74 Å². The van der Waals surface area contributed by atoms with Crippen molar-refractivity contribution in [2.24, 2.45) is 0 Å². The number of carbonyl (C=O) groups is 1. The van der Waals surface area contributed by atoms with E-state index in [1.165, 1.54) is 0 Å². The van der Waals surface area contributed by atoms with Gasteiger partial charge in [-0.1, -0.05) is 0 Å². The van der Waals surface area contributed by atoms with Crippen LogP contribution in [0.15, 0.2) is 18.2 Å². The lowest BCUT2D eigenvalue weighted by Gasteiger charge is -2.45. The molecule has 1 aromatic rings. The number of amides is 1. The van der Waals surface area contributed by atoms with Crippen LogP contribution in [0.25, 0.3) is 0 Å². The Morgan fingerprint density at radius 1 is 1.24 bits per heavy atom. The number of carbonyl (C=O) groups excluding carboxylic acids is 1. The second-order valence-corrected chi connectivity index (χ2v) is 7.48. The zero-order valence-corrected chi connectivity index (χ0v) is 15.9. The molecule has 136 valence electrons. The summed E-state index contributed by atoms with van der Waals surface area (Å²) in [5.74, 6) is 0.564. The first-order valence-corrected chi connectivity index (χ1v) is 8.50. The number of hydrogen-bond acceptors (Lipinski definition) is 5. The molecule has 1 amide bonds. The van der Waals surface area contributed by atoms with E-state index in [1.807, 2.05) is 39.8 Å². The summed E-state index contributed by atoms with van der Waals surface area (Å²) >= 11 is 0. The van der Waals surface area contributed by atoms with Crippen LogP contribution in [0, 0.1) is 11.3 Å². The van der Waals surface area contributed by atoms with Gasteiger partial charge < -0.3 is 19.3 Å². The molecule has 0 radical (unpaired) electrons. The van der Waals surface area contributed by atoms with Crippen LogP contribution < -0.4 is 9.64 Å². The zero-order valence-electron chi connectivity index (χ0n) is 15.9. The molecule has 25 heavy (non-hydrogen) atoms. The first-order chi connectivity index (χ1) is 11.7. The Hall–Kier alpha value is -2.42. The molecular formula is C19H27N3O3. The van der Waals surface area contributed by atoms with E-state index >= 15 is 0 Å². The van der Waals surface area contributed by atoms with E-state index in [9.17, 15) is 4.79 Å². The largest absolute Gasteiger partial charge is 0.495 e. The second-order valence-electron chi connectivity index (χ2n) is 7.48. The predicted molar refractivity (Wildman–Crippen MR) is 96.9 cm³/mol. The highest BCUT2D eigenvalue weighted by Gasteiger charge is 2.34. The van der Waals surface area contributed by atoms with E-state index in [0.717, 1.165) is 5.69 Å². The van der Waals surface area contributed by atoms with Crippen molar-refractivity contribution >= 4 is 11.8 Å². The van der Waals surface area contributed by atoms with E-state index < -0.39 is 5.60 Å². The Kier molecular flexibility index (Phi) is 5.46. The van der Waals surface area contributed by atoms with Gasteiger partial charge in [0.25, 0.3) is 0 Å². The Morgan fingerprint density at radius 3 is 2.48 bits per heavy atom. The molecule has 2 rings (SSSR count). The van der Waals surface area contributed by atoms with E-state index in [-0.39, 0.29) is 18.2 Å². The standard InChI is InChI=1S/C19H27N3O3/c1-13-12-22(18(23)25-19(3,4)5)14(2)11-21(13)16-8-7-15(10-20)17(9-16)24-6/h7-9,13-14H,11-12H2,1-6H3/t13-,14+/m0/s1. The van der Waals surface area contributed by atoms with Crippen LogP contribution in [0.1, 0.15) is 40.2 Å². The Bertz CT molecular complexity index is 675. The van der Waals surface area contributed by atoms with Gasteiger partial charge in [0.05, 0.1) is 12.7 Å². The molecule has 1 saturated heterocycles. The fraction of sp³-hybridized carbons (Fsp3) is 0.579. The third-order valence-electron chi connectivity index (χ3n) is 4.25. The van der Waals surface area contributed by atoms with Crippen LogP contribution in [-0.4, -0.2) is 48.9 Å². The number of nitrogens with zero attached hydrogens (tertiary/aromatic N) is 3. The van der Waals surface area contributed by atoms with E-state index in [0.29, 0.717) is 24.4 Å². The molecule has 6 nitrogen and oxygen atoms in total. The number of methoxy groups -OCH3 is 1. The van der Waals surface area contributed by atoms with Crippen molar-refractivity contribution < 1.29 is 14.3 Å².